The van der Waals surface area contributed by atoms with Crippen LogP contribution in [0.1, 0.15) is 175 Å². The number of hydrogen-bond donors (Lipinski definition) is 17. The van der Waals surface area contributed by atoms with Crippen LogP contribution in [0.5, 0.6) is 0 Å². The number of amides is 6. The third-order valence-corrected chi connectivity index (χ3v) is 19.1. The molecule has 0 saturated carbocycles. The summed E-state index contributed by atoms with van der Waals surface area (Å²) in [6, 6.07) is -3.19. The van der Waals surface area contributed by atoms with Crippen LogP contribution in [-0.2, 0) is 80.4 Å². The second-order valence-electron chi connectivity index (χ2n) is 26.5. The van der Waals surface area contributed by atoms with E-state index >= 15 is 0 Å². The lowest BCUT2D eigenvalue weighted by Crippen LogP contribution is -2.64. The van der Waals surface area contributed by atoms with Gasteiger partial charge in [-0.2, -0.15) is 0 Å². The minimum Gasteiger partial charge on any atom is -0.394 e. The second-order valence-corrected chi connectivity index (χ2v) is 28.0. The summed E-state index contributed by atoms with van der Waals surface area (Å²) in [7, 11) is -3.44. The van der Waals surface area contributed by atoms with Crippen LogP contribution in [0.3, 0.4) is 0 Å². The fourth-order valence-electron chi connectivity index (χ4n) is 11.7. The van der Waals surface area contributed by atoms with Gasteiger partial charge in [0.1, 0.15) is 54.6 Å². The van der Waals surface area contributed by atoms with E-state index in [2.05, 4.69) is 36.4 Å². The smallest absolute Gasteiger partial charge is 0.394 e. The van der Waals surface area contributed by atoms with Crippen LogP contribution in [0.15, 0.2) is 0 Å². The molecule has 3 fully saturated rings. The molecule has 0 radical (unpaired) electrons. The molecular weight excluding hydrogens is 1360 g/mol. The van der Waals surface area contributed by atoms with Gasteiger partial charge >= 0.3 is 7.82 Å². The summed E-state index contributed by atoms with van der Waals surface area (Å²) in [6.45, 7) is 4.83. The van der Waals surface area contributed by atoms with Gasteiger partial charge in [0.2, 0.25) is 35.4 Å². The van der Waals surface area contributed by atoms with Crippen molar-refractivity contribution in [3.8, 4) is 0 Å². The summed E-state index contributed by atoms with van der Waals surface area (Å²) in [5.41, 5.74) is 0. The molecule has 1 unspecified atom stereocenters. The van der Waals surface area contributed by atoms with Crippen molar-refractivity contribution >= 4 is 54.8 Å². The first-order valence-electron chi connectivity index (χ1n) is 35.7. The summed E-state index contributed by atoms with van der Waals surface area (Å²) in [4.78, 5) is 115. The molecule has 3 aliphatic rings. The maximum absolute atomic E-state index is 14.5. The third kappa shape index (κ3) is 34.6. The lowest BCUT2D eigenvalue weighted by atomic mass is 9.88. The summed E-state index contributed by atoms with van der Waals surface area (Å²) >= 11 is 0. The van der Waals surface area contributed by atoms with Crippen molar-refractivity contribution in [1.82, 2.24) is 31.9 Å². The van der Waals surface area contributed by atoms with Crippen LogP contribution in [0, 0.1) is 23.7 Å². The van der Waals surface area contributed by atoms with E-state index in [1.54, 1.807) is 20.8 Å². The molecule has 3 heterocycles. The summed E-state index contributed by atoms with van der Waals surface area (Å²) in [5.74, 6) is -5.32. The number of ketones is 2. The van der Waals surface area contributed by atoms with Crippen LogP contribution in [0.25, 0.3) is 0 Å². The van der Waals surface area contributed by atoms with Crippen LogP contribution in [0.4, 0.5) is 0 Å². The highest BCUT2D eigenvalue weighted by Crippen LogP contribution is 2.42. The Labute approximate surface area is 591 Å². The molecule has 0 aromatic rings. The van der Waals surface area contributed by atoms with Crippen molar-refractivity contribution in [3.63, 3.8) is 0 Å². The Morgan fingerprint density at radius 3 is 1.37 bits per heavy atom. The fourth-order valence-corrected chi connectivity index (χ4v) is 12.2. The lowest BCUT2D eigenvalue weighted by molar-refractivity contribution is -0.282. The molecule has 3 saturated heterocycles. The number of ether oxygens (including phenoxy) is 6. The number of phosphoric acid groups is 1. The Kier molecular flexibility index (Phi) is 45.1. The molecule has 3 aliphatic heterocycles. The van der Waals surface area contributed by atoms with E-state index in [1.165, 1.54) is 6.92 Å². The van der Waals surface area contributed by atoms with Gasteiger partial charge < -0.3 is 116 Å². The Balaban J connectivity index is 1.63. The maximum Gasteiger partial charge on any atom is 0.471 e. The van der Waals surface area contributed by atoms with Gasteiger partial charge in [-0.25, -0.2) is 4.57 Å². The number of unbranched alkanes of at least 4 members (excludes halogenated alkanes) is 7. The number of phosphoric ester groups is 1. The number of Topliss-reactive ketones (excluding diaryl/α,β-unsaturated/α-hetero) is 2. The highest BCUT2D eigenvalue weighted by molar-refractivity contribution is 7.47. The Morgan fingerprint density at radius 2 is 0.911 bits per heavy atom. The average Bonchev–Trinajstić information content (AvgIpc) is 0.832. The third-order valence-electron chi connectivity index (χ3n) is 18.2. The number of aliphatic hydroxyl groups excluding tert-OH is 10. The van der Waals surface area contributed by atoms with Crippen LogP contribution >= 0.6 is 7.82 Å². The Hall–Kier alpha value is -4.37. The number of nitrogens with one attached hydrogen (secondary N) is 6. The predicted molar refractivity (Wildman–Crippen MR) is 359 cm³/mol. The first-order chi connectivity index (χ1) is 48.1. The van der Waals surface area contributed by atoms with E-state index in [4.69, 9.17) is 32.9 Å². The van der Waals surface area contributed by atoms with Crippen LogP contribution in [-0.4, -0.2) is 274 Å². The second kappa shape index (κ2) is 50.2. The van der Waals surface area contributed by atoms with Gasteiger partial charge in [0, 0.05) is 116 Å². The first-order valence-corrected chi connectivity index (χ1v) is 37.2. The molecule has 101 heavy (non-hydrogen) atoms. The largest absolute Gasteiger partial charge is 0.471 e. The molecule has 3 rings (SSSR count). The molecule has 0 bridgehead atoms. The van der Waals surface area contributed by atoms with Crippen molar-refractivity contribution in [2.45, 2.75) is 267 Å². The van der Waals surface area contributed by atoms with Crippen molar-refractivity contribution in [1.29, 1.82) is 0 Å². The maximum atomic E-state index is 14.5. The predicted octanol–water partition coefficient (Wildman–Crippen LogP) is -1.43. The molecule has 0 aliphatic carbocycles. The molecule has 0 aromatic heterocycles. The number of carbonyl (C=O) groups is 8. The normalized spacial score (nSPS) is 27.0. The monoisotopic (exact) mass is 1470 g/mol. The van der Waals surface area contributed by atoms with Gasteiger partial charge in [-0.15, -0.1) is 0 Å². The van der Waals surface area contributed by atoms with Gasteiger partial charge in [0.15, 0.2) is 24.7 Å². The van der Waals surface area contributed by atoms with Crippen molar-refractivity contribution in [3.05, 3.63) is 0 Å². The lowest BCUT2D eigenvalue weighted by Gasteiger charge is -2.42. The summed E-state index contributed by atoms with van der Waals surface area (Å²) < 4.78 is 54.9. The van der Waals surface area contributed by atoms with Gasteiger partial charge in [-0.1, -0.05) is 33.6 Å². The van der Waals surface area contributed by atoms with Gasteiger partial charge in [0.25, 0.3) is 0 Å². The van der Waals surface area contributed by atoms with Gasteiger partial charge in [-0.05, 0) is 96.3 Å². The zero-order valence-electron chi connectivity index (χ0n) is 59.3. The van der Waals surface area contributed by atoms with E-state index in [0.717, 1.165) is 7.11 Å². The molecule has 0 aromatic carbocycles. The highest BCUT2D eigenvalue weighted by atomic mass is 31.2. The molecule has 17 N–H and O–H groups in total. The molecular formula is C66H119N6O28P. The molecule has 586 valence electrons. The average molecular weight is 1480 g/mol. The summed E-state index contributed by atoms with van der Waals surface area (Å²) in [6.07, 6.45) is -7.04. The molecule has 6 amide bonds. The van der Waals surface area contributed by atoms with Crippen molar-refractivity contribution < 1.29 is 136 Å². The van der Waals surface area contributed by atoms with Gasteiger partial charge in [0.05, 0.1) is 57.3 Å². The number of hydrogen-bond acceptors (Lipinski definition) is 27. The molecule has 34 nitrogen and oxygen atoms in total. The van der Waals surface area contributed by atoms with Crippen LogP contribution < -0.4 is 31.9 Å². The molecule has 0 spiro atoms. The fraction of sp³-hybridized carbons (Fsp3) is 0.879. The number of aliphatic hydroxyl groups is 10. The Morgan fingerprint density at radius 1 is 0.495 bits per heavy atom. The quantitative estimate of drug-likeness (QED) is 0.0245. The zero-order valence-corrected chi connectivity index (χ0v) is 60.2. The summed E-state index contributed by atoms with van der Waals surface area (Å²) in [5, 5.41) is 117. The van der Waals surface area contributed by atoms with Crippen molar-refractivity contribution in [2.24, 2.45) is 23.7 Å². The highest BCUT2D eigenvalue weighted by Gasteiger charge is 2.46. The van der Waals surface area contributed by atoms with E-state index < -0.39 is 174 Å². The van der Waals surface area contributed by atoms with E-state index in [1.807, 2.05) is 0 Å². The zero-order chi connectivity index (χ0) is 75.0. The minimum atomic E-state index is -4.39. The topological polar surface area (TPSA) is 522 Å². The first kappa shape index (κ1) is 90.8. The number of rotatable bonds is 54. The van der Waals surface area contributed by atoms with E-state index in [9.17, 15) is 98.9 Å². The van der Waals surface area contributed by atoms with E-state index in [-0.39, 0.29) is 126 Å². The molecule has 20 atom stereocenters. The Bertz CT molecular complexity index is 2480. The standard InChI is InChI=1S/C66H119N6O28P/c1-40(20-8-14-28-67-52(80)24-11-17-31-94-64-41(2)57(84)59(86)49(36-74)98-64)48(79)34-44(21-9-15-29-68-53(81)26-13-19-33-96-66-56(70-43(4)77)62(89)61(88)51(38-76)100-66)63(90)72-46(47(78)23-6-7-27-55(83)71-45(35-73)39-97-101(91,92)93-5)22-10-16-30-69-54(82)25-12-18-32-95-65-42(3)58(85)60(87)50(37-75)99-65/h40-42,44-46,49-51,56-62,64-66,73-76,84-89H,6-39H2,1-5H3,(H,67,80)(H,68,81)(H,69,82)(H,70,77)(H,71,83)(H,72,90)(H,91,92)/t40-,41+,42+,44+,45+,46-,49+,50+,51+,56+,57+,58+,59-,60-,61-,62+,64+,65+,66+/m0/s1. The SMILES string of the molecule is COP(=O)(O)OC[C@@H](CO)NC(=O)CCCCC(=O)[C@H](CCCCNC(=O)CCCCO[C@@H]1O[C@H](CO)[C@H](O)[C@H](O)[C@H]1C)NC(=O)[C@H](CCCCNC(=O)CCCCO[C@@H]1O[C@H](CO)[C@H](O)[C@H](O)[C@H]1NC(C)=O)CC(=O)[C@@H](C)CCCCNC(=O)CCCCO[C@@H]1O[C@H](CO)[C@H](O)[C@H](O)[C@H]1C. The minimum absolute atomic E-state index is 0.0525. The number of carbonyl (C=O) groups excluding carboxylic acids is 8. The van der Waals surface area contributed by atoms with Crippen LogP contribution in [0.2, 0.25) is 0 Å². The van der Waals surface area contributed by atoms with Crippen molar-refractivity contribution in [2.75, 3.05) is 79.6 Å². The van der Waals surface area contributed by atoms with Gasteiger partial charge in [-0.3, -0.25) is 47.4 Å². The van der Waals surface area contributed by atoms with E-state index in [0.29, 0.717) is 90.0 Å². The molecule has 35 heteroatoms.